The number of hydrazone groups is 1. The third-order valence-corrected chi connectivity index (χ3v) is 6.09. The van der Waals surface area contributed by atoms with Crippen LogP contribution >= 0.6 is 11.6 Å². The van der Waals surface area contributed by atoms with Crippen LogP contribution in [0.1, 0.15) is 46.1 Å². The maximum atomic E-state index is 13.9. The molecule has 1 atom stereocenters. The number of halogens is 2. The van der Waals surface area contributed by atoms with Crippen LogP contribution < -0.4 is 16.5 Å². The molecule has 0 bridgehead atoms. The molecule has 1 saturated heterocycles. The minimum absolute atomic E-state index is 0.00854. The first-order chi connectivity index (χ1) is 17.4. The van der Waals surface area contributed by atoms with Crippen molar-refractivity contribution in [1.82, 2.24) is 15.6 Å². The fourth-order valence-electron chi connectivity index (χ4n) is 4.02. The summed E-state index contributed by atoms with van der Waals surface area (Å²) < 4.78 is 24.8. The Morgan fingerprint density at radius 2 is 1.95 bits per heavy atom. The van der Waals surface area contributed by atoms with Crippen molar-refractivity contribution in [2.24, 2.45) is 10.8 Å². The molecule has 1 unspecified atom stereocenters. The van der Waals surface area contributed by atoms with Gasteiger partial charge in [0.25, 0.3) is 5.91 Å². The second kappa shape index (κ2) is 11.9. The van der Waals surface area contributed by atoms with Gasteiger partial charge in [-0.1, -0.05) is 11.6 Å². The lowest BCUT2D eigenvalue weighted by Crippen LogP contribution is -2.54. The predicted molar refractivity (Wildman–Crippen MR) is 137 cm³/mol. The number of hydrogen-bond acceptors (Lipinski definition) is 7. The molecule has 0 spiro atoms. The highest BCUT2D eigenvalue weighted by atomic mass is 35.5. The first-order valence-electron chi connectivity index (χ1n) is 12.0. The van der Waals surface area contributed by atoms with Gasteiger partial charge in [-0.2, -0.15) is 5.10 Å². The average molecular weight is 538 g/mol. The van der Waals surface area contributed by atoms with Crippen molar-refractivity contribution in [2.75, 3.05) is 26.3 Å². The van der Waals surface area contributed by atoms with Crippen LogP contribution in [0.5, 0.6) is 0 Å². The molecule has 0 aliphatic carbocycles. The van der Waals surface area contributed by atoms with Gasteiger partial charge in [-0.3, -0.25) is 15.0 Å². The maximum absolute atomic E-state index is 13.9. The van der Waals surface area contributed by atoms with Crippen LogP contribution in [0, 0.1) is 5.82 Å². The van der Waals surface area contributed by atoms with E-state index in [1.807, 2.05) is 0 Å². The van der Waals surface area contributed by atoms with Crippen LogP contribution in [0.4, 0.5) is 9.18 Å². The molecule has 202 valence electrons. The number of primary amides is 1. The average Bonchev–Trinajstić information content (AvgIpc) is 2.88. The Bertz CT molecular complexity index is 1110. The summed E-state index contributed by atoms with van der Waals surface area (Å²) in [6.45, 7) is 7.71. The van der Waals surface area contributed by atoms with Crippen molar-refractivity contribution < 1.29 is 28.2 Å². The van der Waals surface area contributed by atoms with Gasteiger partial charge in [0.2, 0.25) is 5.91 Å². The highest BCUT2D eigenvalue weighted by molar-refractivity contribution is 6.32. The molecule has 0 aromatic heterocycles. The Balaban J connectivity index is 2.05. The van der Waals surface area contributed by atoms with E-state index in [1.165, 1.54) is 17.0 Å². The zero-order valence-electron chi connectivity index (χ0n) is 21.4. The highest BCUT2D eigenvalue weighted by Crippen LogP contribution is 2.22. The Kier molecular flexibility index (Phi) is 9.14. The van der Waals surface area contributed by atoms with E-state index < -0.39 is 29.5 Å². The topological polar surface area (TPSA) is 135 Å². The third-order valence-electron chi connectivity index (χ3n) is 5.80. The molecule has 2 heterocycles. The van der Waals surface area contributed by atoms with Crippen molar-refractivity contribution in [1.29, 1.82) is 0 Å². The molecular formula is C25H33ClFN5O5. The van der Waals surface area contributed by atoms with Crippen LogP contribution in [0.15, 0.2) is 34.4 Å². The van der Waals surface area contributed by atoms with E-state index in [-0.39, 0.29) is 41.3 Å². The van der Waals surface area contributed by atoms with Crippen molar-refractivity contribution in [3.63, 3.8) is 0 Å². The number of nitrogens with one attached hydrogen (secondary N) is 2. The van der Waals surface area contributed by atoms with Gasteiger partial charge in [-0.15, -0.1) is 0 Å². The van der Waals surface area contributed by atoms with E-state index in [0.717, 1.165) is 6.07 Å². The molecule has 12 heteroatoms. The van der Waals surface area contributed by atoms with Crippen LogP contribution in [-0.4, -0.2) is 72.5 Å². The van der Waals surface area contributed by atoms with E-state index in [9.17, 15) is 18.8 Å². The van der Waals surface area contributed by atoms with Gasteiger partial charge >= 0.3 is 6.09 Å². The molecule has 10 nitrogen and oxygen atoms in total. The SMILES string of the molecule is C/C1=C(C(N)=O)\C(c2ccc(F)c(Cl)c2)=N/NC(C(=O)NC2CCOCC2)CN(C(=O)OC(C)(C)C)C1. The molecule has 0 saturated carbocycles. The molecule has 1 fully saturated rings. The van der Waals surface area contributed by atoms with Gasteiger partial charge in [-0.25, -0.2) is 9.18 Å². The van der Waals surface area contributed by atoms with Gasteiger partial charge in [-0.05, 0) is 64.3 Å². The molecule has 4 N–H and O–H groups in total. The van der Waals surface area contributed by atoms with Crippen molar-refractivity contribution in [3.8, 4) is 0 Å². The van der Waals surface area contributed by atoms with Crippen molar-refractivity contribution in [3.05, 3.63) is 45.7 Å². The first kappa shape index (κ1) is 28.4. The quantitative estimate of drug-likeness (QED) is 0.540. The van der Waals surface area contributed by atoms with Crippen molar-refractivity contribution in [2.45, 2.75) is 58.2 Å². The van der Waals surface area contributed by atoms with Gasteiger partial charge in [0, 0.05) is 31.4 Å². The number of ether oxygens (including phenoxy) is 2. The minimum Gasteiger partial charge on any atom is -0.444 e. The van der Waals surface area contributed by atoms with Gasteiger partial charge < -0.3 is 25.4 Å². The third kappa shape index (κ3) is 7.65. The van der Waals surface area contributed by atoms with E-state index in [1.54, 1.807) is 27.7 Å². The number of benzene rings is 1. The summed E-state index contributed by atoms with van der Waals surface area (Å²) >= 11 is 5.99. The second-order valence-electron chi connectivity index (χ2n) is 10.0. The van der Waals surface area contributed by atoms with Crippen molar-refractivity contribution >= 4 is 35.2 Å². The molecule has 1 aromatic carbocycles. The summed E-state index contributed by atoms with van der Waals surface area (Å²) in [7, 11) is 0. The molecule has 1 aromatic rings. The van der Waals surface area contributed by atoms with Gasteiger partial charge in [0.15, 0.2) is 0 Å². The molecular weight excluding hydrogens is 505 g/mol. The Morgan fingerprint density at radius 1 is 1.27 bits per heavy atom. The highest BCUT2D eigenvalue weighted by Gasteiger charge is 2.32. The fraction of sp³-hybridized carbons (Fsp3) is 0.520. The summed E-state index contributed by atoms with van der Waals surface area (Å²) in [4.78, 5) is 40.3. The smallest absolute Gasteiger partial charge is 0.410 e. The summed E-state index contributed by atoms with van der Waals surface area (Å²) in [5.41, 5.74) is 8.53. The Morgan fingerprint density at radius 3 is 2.54 bits per heavy atom. The van der Waals surface area contributed by atoms with E-state index in [4.69, 9.17) is 26.8 Å². The summed E-state index contributed by atoms with van der Waals surface area (Å²) in [5, 5.41) is 7.16. The molecule has 3 rings (SSSR count). The van der Waals surface area contributed by atoms with Crippen LogP contribution in [-0.2, 0) is 19.1 Å². The first-order valence-corrected chi connectivity index (χ1v) is 12.4. The van der Waals surface area contributed by atoms with Gasteiger partial charge in [0.1, 0.15) is 23.2 Å². The normalized spacial score (nSPS) is 23.0. The number of carbonyl (C=O) groups excluding carboxylic acids is 3. The molecule has 0 radical (unpaired) electrons. The van der Waals surface area contributed by atoms with E-state index >= 15 is 0 Å². The largest absolute Gasteiger partial charge is 0.444 e. The standard InChI is InChI=1S/C25H33ClFN5O5/c1-14-12-32(24(35)37-25(2,3)4)13-19(23(34)29-16-7-9-36-10-8-16)30-31-21(20(14)22(28)33)15-5-6-18(27)17(26)11-15/h5-6,11,16,19,30H,7-10,12-13H2,1-4H3,(H2,28,33)(H,29,34)/b20-14-,31-21-. The monoisotopic (exact) mass is 537 g/mol. The number of nitrogens with zero attached hydrogens (tertiary/aromatic N) is 2. The van der Waals surface area contributed by atoms with Crippen LogP contribution in [0.3, 0.4) is 0 Å². The summed E-state index contributed by atoms with van der Waals surface area (Å²) in [6, 6.07) is 2.77. The number of nitrogens with two attached hydrogens (primary N) is 1. The molecule has 37 heavy (non-hydrogen) atoms. The second-order valence-corrected chi connectivity index (χ2v) is 10.5. The number of rotatable bonds is 4. The molecule has 2 aliphatic rings. The van der Waals surface area contributed by atoms with E-state index in [2.05, 4.69) is 15.8 Å². The zero-order valence-corrected chi connectivity index (χ0v) is 22.2. The van der Waals surface area contributed by atoms with Gasteiger partial charge in [0.05, 0.1) is 17.1 Å². The number of carbonyl (C=O) groups is 3. The molecule has 3 amide bonds. The lowest BCUT2D eigenvalue weighted by atomic mass is 9.97. The Hall–Kier alpha value is -3.18. The molecule has 2 aliphatic heterocycles. The van der Waals surface area contributed by atoms with E-state index in [0.29, 0.717) is 37.2 Å². The Labute approximate surface area is 220 Å². The lowest BCUT2D eigenvalue weighted by Gasteiger charge is -2.31. The maximum Gasteiger partial charge on any atom is 0.410 e. The number of amides is 3. The zero-order chi connectivity index (χ0) is 27.3. The lowest BCUT2D eigenvalue weighted by molar-refractivity contribution is -0.124. The summed E-state index contributed by atoms with van der Waals surface area (Å²) in [6.07, 6.45) is 0.640. The summed E-state index contributed by atoms with van der Waals surface area (Å²) in [5.74, 6) is -1.85. The van der Waals surface area contributed by atoms with Crippen LogP contribution in [0.2, 0.25) is 5.02 Å². The minimum atomic E-state index is -0.999. The van der Waals surface area contributed by atoms with Crippen LogP contribution in [0.25, 0.3) is 0 Å². The predicted octanol–water partition coefficient (Wildman–Crippen LogP) is 2.49. The number of hydrogen-bond donors (Lipinski definition) is 3. The fourth-order valence-corrected chi connectivity index (χ4v) is 4.20.